The summed E-state index contributed by atoms with van der Waals surface area (Å²) in [6.45, 7) is -0.178. The number of hydrogen-bond acceptors (Lipinski definition) is 6. The number of rotatable bonds is 3. The Morgan fingerprint density at radius 2 is 2.12 bits per heavy atom. The molecular weight excluding hydrogens is 247 g/mol. The maximum Gasteiger partial charge on any atom is 0.445 e. The number of hydrogen-bond donors (Lipinski definition) is 0. The van der Waals surface area contributed by atoms with E-state index in [1.165, 1.54) is 19.1 Å². The highest BCUT2D eigenvalue weighted by Gasteiger charge is 2.36. The molecule has 1 aromatic rings. The van der Waals surface area contributed by atoms with Crippen LogP contribution in [0.15, 0.2) is 0 Å². The normalized spacial score (nSPS) is 11.3. The van der Waals surface area contributed by atoms with Crippen molar-refractivity contribution in [1.29, 1.82) is 0 Å². The minimum absolute atomic E-state index is 0.0118. The van der Waals surface area contributed by atoms with E-state index >= 15 is 0 Å². The number of halogens is 3. The first-order valence-electron chi connectivity index (χ1n) is 4.03. The van der Waals surface area contributed by atoms with Crippen LogP contribution in [0.4, 0.5) is 18.3 Å². The van der Waals surface area contributed by atoms with Crippen molar-refractivity contribution in [3.8, 4) is 0 Å². The molecule has 0 aromatic carbocycles. The molecule has 1 aromatic heterocycles. The van der Waals surface area contributed by atoms with Crippen molar-refractivity contribution in [2.24, 2.45) is 0 Å². The molecule has 0 amide bonds. The number of esters is 1. The third kappa shape index (κ3) is 3.05. The predicted octanol–water partition coefficient (Wildman–Crippen LogP) is 1.17. The summed E-state index contributed by atoms with van der Waals surface area (Å²) in [5.74, 6) is -0.564. The van der Waals surface area contributed by atoms with Crippen LogP contribution in [-0.4, -0.2) is 36.9 Å². The first kappa shape index (κ1) is 12.7. The number of carbonyl (C=O) groups excluding carboxylic acids is 1. The molecule has 0 aliphatic heterocycles. The SMILES string of the molecule is COC(=O)CN(C)c1nnc(C(F)(F)F)s1. The minimum atomic E-state index is -4.51. The zero-order chi connectivity index (χ0) is 12.3. The summed E-state index contributed by atoms with van der Waals surface area (Å²) in [5.41, 5.74) is 0. The van der Waals surface area contributed by atoms with E-state index in [-0.39, 0.29) is 11.7 Å². The molecular formula is C7H8F3N3O2S. The Balaban J connectivity index is 2.74. The summed E-state index contributed by atoms with van der Waals surface area (Å²) < 4.78 is 40.9. The lowest BCUT2D eigenvalue weighted by molar-refractivity contribution is -0.139. The van der Waals surface area contributed by atoms with Gasteiger partial charge in [0.1, 0.15) is 6.54 Å². The maximum absolute atomic E-state index is 12.2. The molecule has 16 heavy (non-hydrogen) atoms. The van der Waals surface area contributed by atoms with E-state index in [4.69, 9.17) is 0 Å². The second-order valence-electron chi connectivity index (χ2n) is 2.82. The van der Waals surface area contributed by atoms with Gasteiger partial charge in [0.25, 0.3) is 0 Å². The van der Waals surface area contributed by atoms with Crippen LogP contribution in [0.5, 0.6) is 0 Å². The molecule has 0 unspecified atom stereocenters. The lowest BCUT2D eigenvalue weighted by atomic mass is 10.6. The van der Waals surface area contributed by atoms with Crippen LogP contribution in [0, 0.1) is 0 Å². The molecule has 0 N–H and O–H groups in total. The Kier molecular flexibility index (Phi) is 3.68. The van der Waals surface area contributed by atoms with Crippen molar-refractivity contribution < 1.29 is 22.7 Å². The van der Waals surface area contributed by atoms with Gasteiger partial charge in [-0.15, -0.1) is 10.2 Å². The molecule has 0 aliphatic rings. The zero-order valence-electron chi connectivity index (χ0n) is 8.41. The first-order valence-corrected chi connectivity index (χ1v) is 4.85. The van der Waals surface area contributed by atoms with Gasteiger partial charge >= 0.3 is 12.1 Å². The van der Waals surface area contributed by atoms with E-state index in [9.17, 15) is 18.0 Å². The molecule has 0 spiro atoms. The molecule has 0 radical (unpaired) electrons. The van der Waals surface area contributed by atoms with Crippen LogP contribution in [-0.2, 0) is 15.7 Å². The summed E-state index contributed by atoms with van der Waals surface area (Å²) in [7, 11) is 2.62. The van der Waals surface area contributed by atoms with Crippen molar-refractivity contribution in [2.45, 2.75) is 6.18 Å². The highest BCUT2D eigenvalue weighted by atomic mass is 32.1. The molecule has 0 saturated carbocycles. The number of alkyl halides is 3. The molecule has 5 nitrogen and oxygen atoms in total. The lowest BCUT2D eigenvalue weighted by Crippen LogP contribution is -2.26. The van der Waals surface area contributed by atoms with Gasteiger partial charge in [-0.1, -0.05) is 11.3 Å². The van der Waals surface area contributed by atoms with E-state index in [0.29, 0.717) is 11.3 Å². The van der Waals surface area contributed by atoms with Gasteiger partial charge in [-0.05, 0) is 0 Å². The van der Waals surface area contributed by atoms with Crippen molar-refractivity contribution in [1.82, 2.24) is 10.2 Å². The maximum atomic E-state index is 12.2. The second kappa shape index (κ2) is 4.64. The largest absolute Gasteiger partial charge is 0.468 e. The average Bonchev–Trinajstić information content (AvgIpc) is 2.65. The van der Waals surface area contributed by atoms with Crippen LogP contribution in [0.25, 0.3) is 0 Å². The van der Waals surface area contributed by atoms with Crippen LogP contribution in [0.2, 0.25) is 0 Å². The Labute approximate surface area is 92.8 Å². The van der Waals surface area contributed by atoms with E-state index in [0.717, 1.165) is 0 Å². The third-order valence-electron chi connectivity index (χ3n) is 1.58. The highest BCUT2D eigenvalue weighted by Crippen LogP contribution is 2.33. The molecule has 0 atom stereocenters. The number of likely N-dealkylation sites (N-methyl/N-ethyl adjacent to an activating group) is 1. The van der Waals surface area contributed by atoms with Gasteiger partial charge in [0.2, 0.25) is 10.1 Å². The molecule has 1 heterocycles. The van der Waals surface area contributed by atoms with Gasteiger partial charge in [0.05, 0.1) is 7.11 Å². The van der Waals surface area contributed by atoms with Gasteiger partial charge in [-0.3, -0.25) is 4.79 Å². The molecule has 1 rings (SSSR count). The van der Waals surface area contributed by atoms with Gasteiger partial charge in [-0.2, -0.15) is 13.2 Å². The number of ether oxygens (including phenoxy) is 1. The van der Waals surface area contributed by atoms with Crippen molar-refractivity contribution >= 4 is 22.4 Å². The van der Waals surface area contributed by atoms with Gasteiger partial charge in [0, 0.05) is 7.05 Å². The number of nitrogens with zero attached hydrogens (tertiary/aromatic N) is 3. The number of methoxy groups -OCH3 is 1. The molecule has 0 fully saturated rings. The first-order chi connectivity index (χ1) is 7.34. The fraction of sp³-hybridized carbons (Fsp3) is 0.571. The van der Waals surface area contributed by atoms with Gasteiger partial charge in [-0.25, -0.2) is 0 Å². The summed E-state index contributed by atoms with van der Waals surface area (Å²) >= 11 is 0.371. The van der Waals surface area contributed by atoms with E-state index in [1.54, 1.807) is 0 Å². The molecule has 0 bridgehead atoms. The lowest BCUT2D eigenvalue weighted by Gasteiger charge is -2.12. The Bertz CT molecular complexity index is 379. The Hall–Kier alpha value is -1.38. The second-order valence-corrected chi connectivity index (χ2v) is 3.78. The summed E-state index contributed by atoms with van der Waals surface area (Å²) in [6, 6.07) is 0. The summed E-state index contributed by atoms with van der Waals surface area (Å²) in [4.78, 5) is 12.1. The Morgan fingerprint density at radius 1 is 1.50 bits per heavy atom. The Morgan fingerprint density at radius 3 is 2.56 bits per heavy atom. The topological polar surface area (TPSA) is 55.3 Å². The fourth-order valence-electron chi connectivity index (χ4n) is 0.810. The third-order valence-corrected chi connectivity index (χ3v) is 2.66. The number of carbonyl (C=O) groups is 1. The van der Waals surface area contributed by atoms with E-state index in [2.05, 4.69) is 14.9 Å². The molecule has 0 aliphatic carbocycles. The van der Waals surface area contributed by atoms with Crippen molar-refractivity contribution in [3.63, 3.8) is 0 Å². The summed E-state index contributed by atoms with van der Waals surface area (Å²) in [5, 5.41) is 5.30. The van der Waals surface area contributed by atoms with Crippen LogP contribution in [0.1, 0.15) is 5.01 Å². The standard InChI is InChI=1S/C7H8F3N3O2S/c1-13(3-4(14)15-2)6-12-11-5(16-6)7(8,9)10/h3H2,1-2H3. The van der Waals surface area contributed by atoms with Crippen LogP contribution >= 0.6 is 11.3 Å². The molecule has 0 saturated heterocycles. The number of aromatic nitrogens is 2. The van der Waals surface area contributed by atoms with Gasteiger partial charge < -0.3 is 9.64 Å². The minimum Gasteiger partial charge on any atom is -0.468 e. The molecule has 90 valence electrons. The monoisotopic (exact) mass is 255 g/mol. The fourth-order valence-corrected chi connectivity index (χ4v) is 1.48. The zero-order valence-corrected chi connectivity index (χ0v) is 9.22. The molecule has 9 heteroatoms. The van der Waals surface area contributed by atoms with E-state index < -0.39 is 17.2 Å². The summed E-state index contributed by atoms with van der Waals surface area (Å²) in [6.07, 6.45) is -4.51. The highest BCUT2D eigenvalue weighted by molar-refractivity contribution is 7.15. The van der Waals surface area contributed by atoms with Crippen LogP contribution < -0.4 is 4.90 Å². The van der Waals surface area contributed by atoms with E-state index in [1.807, 2.05) is 0 Å². The van der Waals surface area contributed by atoms with Crippen LogP contribution in [0.3, 0.4) is 0 Å². The average molecular weight is 255 g/mol. The quantitative estimate of drug-likeness (QED) is 0.759. The van der Waals surface area contributed by atoms with Gasteiger partial charge in [0.15, 0.2) is 0 Å². The van der Waals surface area contributed by atoms with Crippen molar-refractivity contribution in [2.75, 3.05) is 25.6 Å². The van der Waals surface area contributed by atoms with Crippen molar-refractivity contribution in [3.05, 3.63) is 5.01 Å². The smallest absolute Gasteiger partial charge is 0.445 e. The number of anilines is 1. The predicted molar refractivity (Wildman–Crippen MR) is 50.2 cm³/mol.